The number of aliphatic hydroxyl groups is 1. The summed E-state index contributed by atoms with van der Waals surface area (Å²) in [5.41, 5.74) is 0.0465. The summed E-state index contributed by atoms with van der Waals surface area (Å²) < 4.78 is 40.1. The van der Waals surface area contributed by atoms with E-state index in [4.69, 9.17) is 5.11 Å². The van der Waals surface area contributed by atoms with Crippen LogP contribution in [0.3, 0.4) is 0 Å². The molecule has 0 radical (unpaired) electrons. The minimum absolute atomic E-state index is 0.0833. The monoisotopic (exact) mass is 297 g/mol. The Bertz CT molecular complexity index is 720. The summed E-state index contributed by atoms with van der Waals surface area (Å²) >= 11 is 0. The molecule has 8 heteroatoms. The van der Waals surface area contributed by atoms with Crippen LogP contribution in [0, 0.1) is 12.7 Å². The number of halogens is 1. The summed E-state index contributed by atoms with van der Waals surface area (Å²) in [4.78, 5) is 7.33. The first-order valence-corrected chi connectivity index (χ1v) is 7.12. The Labute approximate surface area is 115 Å². The highest BCUT2D eigenvalue weighted by atomic mass is 32.2. The molecule has 2 N–H and O–H groups in total. The fourth-order valence-corrected chi connectivity index (χ4v) is 2.70. The molecule has 6 nitrogen and oxygen atoms in total. The number of anilines is 1. The lowest BCUT2D eigenvalue weighted by atomic mass is 10.1. The van der Waals surface area contributed by atoms with Crippen molar-refractivity contribution in [3.05, 3.63) is 47.5 Å². The van der Waals surface area contributed by atoms with Crippen LogP contribution in [0.15, 0.2) is 35.5 Å². The molecule has 1 heterocycles. The van der Waals surface area contributed by atoms with Gasteiger partial charge < -0.3 is 5.11 Å². The summed E-state index contributed by atoms with van der Waals surface area (Å²) in [6.45, 7) is 0.838. The average molecular weight is 297 g/mol. The van der Waals surface area contributed by atoms with Gasteiger partial charge >= 0.3 is 0 Å². The van der Waals surface area contributed by atoms with E-state index in [2.05, 4.69) is 14.7 Å². The van der Waals surface area contributed by atoms with Crippen LogP contribution in [0.25, 0.3) is 0 Å². The molecule has 0 saturated carbocycles. The van der Waals surface area contributed by atoms with Gasteiger partial charge in [0, 0.05) is 18.0 Å². The molecule has 0 spiro atoms. The number of aryl methyl sites for hydroxylation is 1. The number of nitrogens with one attached hydrogen (secondary N) is 1. The lowest BCUT2D eigenvalue weighted by Crippen LogP contribution is -2.16. The molecule has 0 aliphatic rings. The predicted octanol–water partition coefficient (Wildman–Crippen LogP) is 1.22. The molecule has 0 unspecified atom stereocenters. The molecule has 0 saturated heterocycles. The molecule has 0 amide bonds. The number of aliphatic hydroxyl groups excluding tert-OH is 1. The van der Waals surface area contributed by atoms with Gasteiger partial charge in [-0.1, -0.05) is 0 Å². The van der Waals surface area contributed by atoms with Crippen LogP contribution in [0.5, 0.6) is 0 Å². The smallest absolute Gasteiger partial charge is 0.264 e. The standard InChI is InChI=1S/C12H12FN3O3S/c1-8-5-10(6-9(7-17)11(8)13)20(18,19)16-12-14-3-2-4-15-12/h2-6,17H,7H2,1H3,(H,14,15,16). The minimum atomic E-state index is -3.94. The number of hydrogen-bond donors (Lipinski definition) is 2. The molecule has 20 heavy (non-hydrogen) atoms. The van der Waals surface area contributed by atoms with Gasteiger partial charge in [-0.2, -0.15) is 0 Å². The van der Waals surface area contributed by atoms with E-state index in [0.29, 0.717) is 0 Å². The first-order valence-electron chi connectivity index (χ1n) is 5.64. The van der Waals surface area contributed by atoms with Gasteiger partial charge in [0.25, 0.3) is 10.0 Å². The molecule has 1 aromatic carbocycles. The molecule has 2 rings (SSSR count). The maximum absolute atomic E-state index is 13.6. The van der Waals surface area contributed by atoms with Crippen molar-refractivity contribution < 1.29 is 17.9 Å². The number of rotatable bonds is 4. The van der Waals surface area contributed by atoms with E-state index in [9.17, 15) is 12.8 Å². The zero-order valence-corrected chi connectivity index (χ0v) is 11.4. The van der Waals surface area contributed by atoms with E-state index in [1.165, 1.54) is 25.4 Å². The summed E-state index contributed by atoms with van der Waals surface area (Å²) in [6.07, 6.45) is 2.78. The van der Waals surface area contributed by atoms with E-state index in [1.54, 1.807) is 6.07 Å². The highest BCUT2D eigenvalue weighted by Crippen LogP contribution is 2.20. The van der Waals surface area contributed by atoms with Gasteiger partial charge in [-0.25, -0.2) is 27.5 Å². The Morgan fingerprint density at radius 1 is 1.30 bits per heavy atom. The Hall–Kier alpha value is -2.06. The maximum atomic E-state index is 13.6. The normalized spacial score (nSPS) is 11.3. The topological polar surface area (TPSA) is 92.2 Å². The number of benzene rings is 1. The molecule has 0 aliphatic carbocycles. The summed E-state index contributed by atoms with van der Waals surface area (Å²) in [5, 5.41) is 9.04. The van der Waals surface area contributed by atoms with E-state index in [0.717, 1.165) is 6.07 Å². The van der Waals surface area contributed by atoms with Crippen LogP contribution < -0.4 is 4.72 Å². The first kappa shape index (κ1) is 14.4. The van der Waals surface area contributed by atoms with E-state index in [1.807, 2.05) is 0 Å². The van der Waals surface area contributed by atoms with Crippen LogP contribution in [0.1, 0.15) is 11.1 Å². The van der Waals surface area contributed by atoms with Crippen molar-refractivity contribution in [2.75, 3.05) is 4.72 Å². The fraction of sp³-hybridized carbons (Fsp3) is 0.167. The van der Waals surface area contributed by atoms with Crippen LogP contribution in [-0.4, -0.2) is 23.5 Å². The van der Waals surface area contributed by atoms with Crippen LogP contribution in [-0.2, 0) is 16.6 Å². The second-order valence-corrected chi connectivity index (χ2v) is 5.73. The Balaban J connectivity index is 2.42. The first-order chi connectivity index (χ1) is 9.44. The van der Waals surface area contributed by atoms with Gasteiger partial charge in [-0.15, -0.1) is 0 Å². The van der Waals surface area contributed by atoms with Gasteiger partial charge in [0.1, 0.15) is 5.82 Å². The van der Waals surface area contributed by atoms with E-state index < -0.39 is 22.4 Å². The van der Waals surface area contributed by atoms with Crippen molar-refractivity contribution >= 4 is 16.0 Å². The van der Waals surface area contributed by atoms with Crippen molar-refractivity contribution in [1.82, 2.24) is 9.97 Å². The second-order valence-electron chi connectivity index (χ2n) is 4.05. The molecule has 1 aromatic heterocycles. The third-order valence-corrected chi connectivity index (χ3v) is 3.88. The number of aromatic nitrogens is 2. The zero-order chi connectivity index (χ0) is 14.8. The average Bonchev–Trinajstić information content (AvgIpc) is 2.42. The number of nitrogens with zero attached hydrogens (tertiary/aromatic N) is 2. The molecule has 0 fully saturated rings. The lowest BCUT2D eigenvalue weighted by Gasteiger charge is -2.10. The SMILES string of the molecule is Cc1cc(S(=O)(=O)Nc2ncccn2)cc(CO)c1F. The highest BCUT2D eigenvalue weighted by molar-refractivity contribution is 7.92. The van der Waals surface area contributed by atoms with Gasteiger partial charge in [0.15, 0.2) is 0 Å². The highest BCUT2D eigenvalue weighted by Gasteiger charge is 2.19. The van der Waals surface area contributed by atoms with Gasteiger partial charge in [-0.05, 0) is 30.7 Å². The second kappa shape index (κ2) is 5.51. The van der Waals surface area contributed by atoms with Crippen molar-refractivity contribution in [2.45, 2.75) is 18.4 Å². The minimum Gasteiger partial charge on any atom is -0.392 e. The molecule has 106 valence electrons. The zero-order valence-electron chi connectivity index (χ0n) is 10.5. The Morgan fingerprint density at radius 3 is 2.55 bits per heavy atom. The van der Waals surface area contributed by atoms with Gasteiger partial charge in [-0.3, -0.25) is 0 Å². The van der Waals surface area contributed by atoms with E-state index >= 15 is 0 Å². The van der Waals surface area contributed by atoms with Crippen molar-refractivity contribution in [3.8, 4) is 0 Å². The molecule has 2 aromatic rings. The number of hydrogen-bond acceptors (Lipinski definition) is 5. The van der Waals surface area contributed by atoms with Crippen LogP contribution in [0.2, 0.25) is 0 Å². The van der Waals surface area contributed by atoms with E-state index in [-0.39, 0.29) is 22.0 Å². The third kappa shape index (κ3) is 2.91. The lowest BCUT2D eigenvalue weighted by molar-refractivity contribution is 0.275. The number of sulfonamides is 1. The summed E-state index contributed by atoms with van der Waals surface area (Å²) in [6, 6.07) is 3.80. The quantitative estimate of drug-likeness (QED) is 0.885. The van der Waals surface area contributed by atoms with Crippen LogP contribution >= 0.6 is 0 Å². The fourth-order valence-electron chi connectivity index (χ4n) is 1.61. The third-order valence-electron chi connectivity index (χ3n) is 2.58. The maximum Gasteiger partial charge on any atom is 0.264 e. The van der Waals surface area contributed by atoms with Crippen molar-refractivity contribution in [2.24, 2.45) is 0 Å². The largest absolute Gasteiger partial charge is 0.392 e. The van der Waals surface area contributed by atoms with Crippen LogP contribution in [0.4, 0.5) is 10.3 Å². The van der Waals surface area contributed by atoms with Gasteiger partial charge in [0.05, 0.1) is 11.5 Å². The van der Waals surface area contributed by atoms with Crippen molar-refractivity contribution in [1.29, 1.82) is 0 Å². The molecule has 0 bridgehead atoms. The Kier molecular flexibility index (Phi) is 3.96. The van der Waals surface area contributed by atoms with Crippen molar-refractivity contribution in [3.63, 3.8) is 0 Å². The molecule has 0 aliphatic heterocycles. The molecular formula is C12H12FN3O3S. The molecular weight excluding hydrogens is 285 g/mol. The summed E-state index contributed by atoms with van der Waals surface area (Å²) in [7, 11) is -3.94. The molecule has 0 atom stereocenters. The van der Waals surface area contributed by atoms with Gasteiger partial charge in [0.2, 0.25) is 5.95 Å². The summed E-state index contributed by atoms with van der Waals surface area (Å²) in [5.74, 6) is -0.706. The predicted molar refractivity (Wildman–Crippen MR) is 69.9 cm³/mol. The Morgan fingerprint density at radius 2 is 1.95 bits per heavy atom.